The number of rotatable bonds is 4. The molecule has 4 heteroatoms. The van der Waals surface area contributed by atoms with Gasteiger partial charge in [-0.05, 0) is 43.5 Å². The average Bonchev–Trinajstić information content (AvgIpc) is 2.88. The Morgan fingerprint density at radius 3 is 3.00 bits per heavy atom. The van der Waals surface area contributed by atoms with Crippen LogP contribution in [0, 0.1) is 0 Å². The van der Waals surface area contributed by atoms with E-state index < -0.39 is 0 Å². The second-order valence-corrected chi connectivity index (χ2v) is 5.58. The minimum absolute atomic E-state index is 0.00653. The number of hydrogen-bond donors (Lipinski definition) is 1. The molecule has 2 atom stereocenters. The van der Waals surface area contributed by atoms with E-state index in [1.807, 2.05) is 12.4 Å². The lowest BCUT2D eigenvalue weighted by atomic mass is 9.89. The third-order valence-corrected chi connectivity index (χ3v) is 4.16. The maximum absolute atomic E-state index is 5.95. The van der Waals surface area contributed by atoms with E-state index in [-0.39, 0.29) is 5.60 Å². The second kappa shape index (κ2) is 5.99. The molecule has 0 saturated carbocycles. The van der Waals surface area contributed by atoms with Crippen LogP contribution in [0.25, 0.3) is 0 Å². The molecule has 0 bridgehead atoms. The van der Waals surface area contributed by atoms with Crippen LogP contribution in [-0.4, -0.2) is 43.0 Å². The molecule has 0 aliphatic carbocycles. The number of ether oxygens (including phenoxy) is 2. The van der Waals surface area contributed by atoms with Crippen LogP contribution in [0.2, 0.25) is 0 Å². The average molecular weight is 262 g/mol. The van der Waals surface area contributed by atoms with Gasteiger partial charge in [-0.25, -0.2) is 0 Å². The summed E-state index contributed by atoms with van der Waals surface area (Å²) in [6, 6.07) is 4.73. The van der Waals surface area contributed by atoms with Crippen molar-refractivity contribution in [3.63, 3.8) is 0 Å². The van der Waals surface area contributed by atoms with Crippen molar-refractivity contribution in [3.8, 4) is 0 Å². The number of hydrogen-bond acceptors (Lipinski definition) is 4. The molecule has 2 aliphatic heterocycles. The quantitative estimate of drug-likeness (QED) is 0.894. The van der Waals surface area contributed by atoms with E-state index in [9.17, 15) is 0 Å². The molecule has 104 valence electrons. The number of pyridine rings is 1. The summed E-state index contributed by atoms with van der Waals surface area (Å²) >= 11 is 0. The lowest BCUT2D eigenvalue weighted by Gasteiger charge is -2.37. The van der Waals surface area contributed by atoms with E-state index in [1.165, 1.54) is 5.56 Å². The predicted octanol–water partition coefficient (Wildman–Crippen LogP) is 1.55. The largest absolute Gasteiger partial charge is 0.378 e. The molecular formula is C15H22N2O2. The third-order valence-electron chi connectivity index (χ3n) is 4.16. The van der Waals surface area contributed by atoms with Gasteiger partial charge in [0, 0.05) is 38.1 Å². The maximum atomic E-state index is 5.95. The van der Waals surface area contributed by atoms with Gasteiger partial charge in [-0.1, -0.05) is 0 Å². The standard InChI is InChI=1S/C15H22N2O2/c1-6-16-7-2-13(1)3-8-17-14-4-9-19-15(11-14)5-10-18-12-15/h1-2,6-7,14,17H,3-5,8-12H2. The fourth-order valence-corrected chi connectivity index (χ4v) is 3.04. The zero-order valence-corrected chi connectivity index (χ0v) is 11.3. The van der Waals surface area contributed by atoms with E-state index in [0.29, 0.717) is 6.04 Å². The van der Waals surface area contributed by atoms with E-state index in [0.717, 1.165) is 52.0 Å². The normalized spacial score (nSPS) is 30.8. The highest BCUT2D eigenvalue weighted by atomic mass is 16.6. The SMILES string of the molecule is c1cc(CCNC2CCOC3(CCOC3)C2)ccn1. The lowest BCUT2D eigenvalue weighted by molar-refractivity contribution is -0.0891. The summed E-state index contributed by atoms with van der Waals surface area (Å²) in [5, 5.41) is 3.67. The van der Waals surface area contributed by atoms with E-state index in [1.54, 1.807) is 0 Å². The lowest BCUT2D eigenvalue weighted by Crippen LogP contribution is -2.47. The monoisotopic (exact) mass is 262 g/mol. The van der Waals surface area contributed by atoms with Gasteiger partial charge in [0.25, 0.3) is 0 Å². The highest BCUT2D eigenvalue weighted by molar-refractivity contribution is 5.09. The number of nitrogens with one attached hydrogen (secondary N) is 1. The first-order valence-corrected chi connectivity index (χ1v) is 7.20. The molecule has 0 amide bonds. The fourth-order valence-electron chi connectivity index (χ4n) is 3.04. The first-order chi connectivity index (χ1) is 9.36. The van der Waals surface area contributed by atoms with Crippen LogP contribution in [-0.2, 0) is 15.9 Å². The molecule has 0 radical (unpaired) electrons. The smallest absolute Gasteiger partial charge is 0.0951 e. The van der Waals surface area contributed by atoms with Crippen LogP contribution in [0.5, 0.6) is 0 Å². The zero-order chi connectivity index (χ0) is 13.0. The molecule has 1 aromatic rings. The predicted molar refractivity (Wildman–Crippen MR) is 73.1 cm³/mol. The summed E-state index contributed by atoms with van der Waals surface area (Å²) in [6.45, 7) is 3.50. The highest BCUT2D eigenvalue weighted by Gasteiger charge is 2.40. The van der Waals surface area contributed by atoms with Crippen molar-refractivity contribution in [2.24, 2.45) is 0 Å². The molecule has 3 heterocycles. The van der Waals surface area contributed by atoms with Gasteiger partial charge in [-0.2, -0.15) is 0 Å². The molecule has 1 N–H and O–H groups in total. The minimum Gasteiger partial charge on any atom is -0.378 e. The van der Waals surface area contributed by atoms with Crippen molar-refractivity contribution in [1.29, 1.82) is 0 Å². The Kier molecular flexibility index (Phi) is 4.11. The Labute approximate surface area is 114 Å². The van der Waals surface area contributed by atoms with Crippen LogP contribution in [0.15, 0.2) is 24.5 Å². The molecule has 1 aromatic heterocycles. The van der Waals surface area contributed by atoms with Crippen LogP contribution in [0.3, 0.4) is 0 Å². The first-order valence-electron chi connectivity index (χ1n) is 7.20. The van der Waals surface area contributed by atoms with Gasteiger partial charge in [0.2, 0.25) is 0 Å². The Hall–Kier alpha value is -0.970. The summed E-state index contributed by atoms with van der Waals surface area (Å²) in [5.74, 6) is 0. The van der Waals surface area contributed by atoms with Crippen LogP contribution < -0.4 is 5.32 Å². The Balaban J connectivity index is 1.45. The topological polar surface area (TPSA) is 43.4 Å². The van der Waals surface area contributed by atoms with Gasteiger partial charge in [-0.15, -0.1) is 0 Å². The second-order valence-electron chi connectivity index (χ2n) is 5.58. The van der Waals surface area contributed by atoms with Crippen molar-refractivity contribution in [3.05, 3.63) is 30.1 Å². The zero-order valence-electron chi connectivity index (χ0n) is 11.3. The van der Waals surface area contributed by atoms with Gasteiger partial charge in [0.1, 0.15) is 0 Å². The van der Waals surface area contributed by atoms with Crippen molar-refractivity contribution in [2.45, 2.75) is 37.3 Å². The van der Waals surface area contributed by atoms with Crippen LogP contribution >= 0.6 is 0 Å². The summed E-state index contributed by atoms with van der Waals surface area (Å²) in [7, 11) is 0. The molecule has 19 heavy (non-hydrogen) atoms. The molecule has 1 spiro atoms. The van der Waals surface area contributed by atoms with E-state index in [4.69, 9.17) is 9.47 Å². The van der Waals surface area contributed by atoms with Crippen LogP contribution in [0.1, 0.15) is 24.8 Å². The third kappa shape index (κ3) is 3.32. The van der Waals surface area contributed by atoms with Crippen molar-refractivity contribution in [2.75, 3.05) is 26.4 Å². The Morgan fingerprint density at radius 2 is 2.21 bits per heavy atom. The van der Waals surface area contributed by atoms with Crippen LogP contribution in [0.4, 0.5) is 0 Å². The Bertz CT molecular complexity index is 390. The number of nitrogens with zero attached hydrogens (tertiary/aromatic N) is 1. The highest BCUT2D eigenvalue weighted by Crippen LogP contribution is 2.32. The van der Waals surface area contributed by atoms with Crippen molar-refractivity contribution >= 4 is 0 Å². The number of aromatic nitrogens is 1. The first kappa shape index (κ1) is 13.0. The summed E-state index contributed by atoms with van der Waals surface area (Å²) in [4.78, 5) is 4.04. The molecular weight excluding hydrogens is 240 g/mol. The summed E-state index contributed by atoms with van der Waals surface area (Å²) in [6.07, 6.45) is 8.02. The molecule has 2 aliphatic rings. The minimum atomic E-state index is 0.00653. The van der Waals surface area contributed by atoms with Gasteiger partial charge >= 0.3 is 0 Å². The Morgan fingerprint density at radius 1 is 1.32 bits per heavy atom. The molecule has 2 saturated heterocycles. The summed E-state index contributed by atoms with van der Waals surface area (Å²) in [5.41, 5.74) is 1.35. The fraction of sp³-hybridized carbons (Fsp3) is 0.667. The van der Waals surface area contributed by atoms with Crippen molar-refractivity contribution < 1.29 is 9.47 Å². The molecule has 3 rings (SSSR count). The molecule has 2 unspecified atom stereocenters. The maximum Gasteiger partial charge on any atom is 0.0951 e. The van der Waals surface area contributed by atoms with Gasteiger partial charge in [0.15, 0.2) is 0 Å². The molecule has 0 aromatic carbocycles. The molecule has 2 fully saturated rings. The van der Waals surface area contributed by atoms with Gasteiger partial charge in [0.05, 0.1) is 12.2 Å². The summed E-state index contributed by atoms with van der Waals surface area (Å²) < 4.78 is 11.4. The van der Waals surface area contributed by atoms with Crippen molar-refractivity contribution in [1.82, 2.24) is 10.3 Å². The van der Waals surface area contributed by atoms with E-state index >= 15 is 0 Å². The molecule has 4 nitrogen and oxygen atoms in total. The van der Waals surface area contributed by atoms with E-state index in [2.05, 4.69) is 22.4 Å². The van der Waals surface area contributed by atoms with Gasteiger partial charge < -0.3 is 14.8 Å². The van der Waals surface area contributed by atoms with Gasteiger partial charge in [-0.3, -0.25) is 4.98 Å².